The van der Waals surface area contributed by atoms with E-state index < -0.39 is 0 Å². The van der Waals surface area contributed by atoms with Crippen molar-refractivity contribution in [3.8, 4) is 11.8 Å². The number of aryl methyl sites for hydroxylation is 1. The molecule has 0 spiro atoms. The van der Waals surface area contributed by atoms with Crippen LogP contribution in [-0.4, -0.2) is 38.2 Å². The molecule has 2 aromatic rings. The zero-order valence-corrected chi connectivity index (χ0v) is 13.7. The molecule has 6 nitrogen and oxygen atoms in total. The van der Waals surface area contributed by atoms with Crippen molar-refractivity contribution in [1.29, 1.82) is 5.26 Å². The molecule has 0 atom stereocenters. The van der Waals surface area contributed by atoms with Crippen molar-refractivity contribution >= 4 is 0 Å². The second-order valence-electron chi connectivity index (χ2n) is 6.32. The standard InChI is InChI=1S/C17H22N6/c1-13-8-9-16(10-14(13)11-18)23-17(19-20-21-23)12-22(2)15-6-4-3-5-7-15/h8-10,15H,3-7,12H2,1-2H3. The van der Waals surface area contributed by atoms with Crippen molar-refractivity contribution in [2.24, 2.45) is 0 Å². The summed E-state index contributed by atoms with van der Waals surface area (Å²) in [5.41, 5.74) is 2.46. The first-order chi connectivity index (χ1) is 11.2. The first-order valence-corrected chi connectivity index (χ1v) is 8.17. The topological polar surface area (TPSA) is 70.6 Å². The zero-order chi connectivity index (χ0) is 16.2. The van der Waals surface area contributed by atoms with Crippen LogP contribution < -0.4 is 0 Å². The van der Waals surface area contributed by atoms with E-state index in [0.717, 1.165) is 17.1 Å². The fraction of sp³-hybridized carbons (Fsp3) is 0.529. The van der Waals surface area contributed by atoms with Crippen LogP contribution in [0, 0.1) is 18.3 Å². The lowest BCUT2D eigenvalue weighted by molar-refractivity contribution is 0.179. The molecular formula is C17H22N6. The highest BCUT2D eigenvalue weighted by Crippen LogP contribution is 2.23. The molecule has 0 radical (unpaired) electrons. The Morgan fingerprint density at radius 2 is 2.09 bits per heavy atom. The summed E-state index contributed by atoms with van der Waals surface area (Å²) in [4.78, 5) is 2.35. The number of hydrogen-bond acceptors (Lipinski definition) is 5. The Balaban J connectivity index is 1.81. The Labute approximate surface area is 136 Å². The Kier molecular flexibility index (Phi) is 4.68. The van der Waals surface area contributed by atoms with Gasteiger partial charge in [0.2, 0.25) is 0 Å². The van der Waals surface area contributed by atoms with Crippen LogP contribution in [-0.2, 0) is 6.54 Å². The molecule has 0 aliphatic heterocycles. The van der Waals surface area contributed by atoms with E-state index in [1.54, 1.807) is 4.68 Å². The van der Waals surface area contributed by atoms with Gasteiger partial charge >= 0.3 is 0 Å². The fourth-order valence-corrected chi connectivity index (χ4v) is 3.24. The van der Waals surface area contributed by atoms with Crippen molar-refractivity contribution in [3.05, 3.63) is 35.2 Å². The van der Waals surface area contributed by atoms with E-state index in [2.05, 4.69) is 33.5 Å². The molecule has 0 unspecified atom stereocenters. The third kappa shape index (κ3) is 3.40. The van der Waals surface area contributed by atoms with Gasteiger partial charge in [-0.05, 0) is 54.9 Å². The summed E-state index contributed by atoms with van der Waals surface area (Å²) < 4.78 is 1.74. The van der Waals surface area contributed by atoms with Crippen LogP contribution in [0.25, 0.3) is 5.69 Å². The molecule has 0 bridgehead atoms. The van der Waals surface area contributed by atoms with Gasteiger partial charge in [-0.2, -0.15) is 9.94 Å². The summed E-state index contributed by atoms with van der Waals surface area (Å²) in [7, 11) is 2.14. The van der Waals surface area contributed by atoms with Crippen molar-refractivity contribution in [1.82, 2.24) is 25.1 Å². The number of nitriles is 1. The van der Waals surface area contributed by atoms with Crippen LogP contribution in [0.5, 0.6) is 0 Å². The highest BCUT2D eigenvalue weighted by molar-refractivity contribution is 5.45. The van der Waals surface area contributed by atoms with E-state index in [1.165, 1.54) is 32.1 Å². The maximum atomic E-state index is 9.21. The molecule has 1 aliphatic rings. The summed E-state index contributed by atoms with van der Waals surface area (Å²) >= 11 is 0. The van der Waals surface area contributed by atoms with E-state index in [0.29, 0.717) is 18.2 Å². The molecule has 1 heterocycles. The van der Waals surface area contributed by atoms with Gasteiger partial charge < -0.3 is 0 Å². The summed E-state index contributed by atoms with van der Waals surface area (Å²) in [6.07, 6.45) is 6.47. The van der Waals surface area contributed by atoms with Crippen LogP contribution >= 0.6 is 0 Å². The first kappa shape index (κ1) is 15.6. The van der Waals surface area contributed by atoms with Crippen LogP contribution in [0.1, 0.15) is 49.1 Å². The third-order valence-electron chi connectivity index (χ3n) is 4.71. The van der Waals surface area contributed by atoms with Gasteiger partial charge in [0, 0.05) is 6.04 Å². The number of benzene rings is 1. The monoisotopic (exact) mass is 310 g/mol. The van der Waals surface area contributed by atoms with Crippen LogP contribution in [0.4, 0.5) is 0 Å². The highest BCUT2D eigenvalue weighted by atomic mass is 15.5. The quantitative estimate of drug-likeness (QED) is 0.868. The van der Waals surface area contributed by atoms with Crippen molar-refractivity contribution in [2.75, 3.05) is 7.05 Å². The van der Waals surface area contributed by atoms with E-state index in [4.69, 9.17) is 0 Å². The van der Waals surface area contributed by atoms with Gasteiger partial charge in [-0.3, -0.25) is 4.90 Å². The average Bonchev–Trinajstić information content (AvgIpc) is 3.04. The van der Waals surface area contributed by atoms with Gasteiger partial charge in [0.15, 0.2) is 5.82 Å². The lowest BCUT2D eigenvalue weighted by Gasteiger charge is -2.30. The molecule has 6 heteroatoms. The smallest absolute Gasteiger partial charge is 0.170 e. The molecule has 1 saturated carbocycles. The molecule has 0 saturated heterocycles. The Morgan fingerprint density at radius 1 is 1.30 bits per heavy atom. The van der Waals surface area contributed by atoms with Gasteiger partial charge in [0.25, 0.3) is 0 Å². The second kappa shape index (κ2) is 6.88. The largest absolute Gasteiger partial charge is 0.296 e. The van der Waals surface area contributed by atoms with Crippen LogP contribution in [0.15, 0.2) is 18.2 Å². The predicted octanol–water partition coefficient (Wildman–Crippen LogP) is 2.61. The third-order valence-corrected chi connectivity index (χ3v) is 4.71. The molecule has 23 heavy (non-hydrogen) atoms. The zero-order valence-electron chi connectivity index (χ0n) is 13.7. The van der Waals surface area contributed by atoms with E-state index in [-0.39, 0.29) is 0 Å². The summed E-state index contributed by atoms with van der Waals surface area (Å²) in [5.74, 6) is 0.811. The van der Waals surface area contributed by atoms with Crippen LogP contribution in [0.2, 0.25) is 0 Å². The summed E-state index contributed by atoms with van der Waals surface area (Å²) in [5, 5.41) is 21.3. The Morgan fingerprint density at radius 3 is 2.83 bits per heavy atom. The van der Waals surface area contributed by atoms with E-state index in [1.807, 2.05) is 25.1 Å². The SMILES string of the molecule is Cc1ccc(-n2nnnc2CN(C)C2CCCCC2)cc1C#N. The number of rotatable bonds is 4. The van der Waals surface area contributed by atoms with Gasteiger partial charge in [-0.1, -0.05) is 25.3 Å². The Bertz CT molecular complexity index is 708. The number of hydrogen-bond donors (Lipinski definition) is 0. The maximum Gasteiger partial charge on any atom is 0.170 e. The van der Waals surface area contributed by atoms with Gasteiger partial charge in [-0.15, -0.1) is 5.10 Å². The minimum absolute atomic E-state index is 0.613. The van der Waals surface area contributed by atoms with Gasteiger partial charge in [0.05, 0.1) is 23.9 Å². The second-order valence-corrected chi connectivity index (χ2v) is 6.32. The van der Waals surface area contributed by atoms with Gasteiger partial charge in [-0.25, -0.2) is 0 Å². The maximum absolute atomic E-state index is 9.21. The predicted molar refractivity (Wildman–Crippen MR) is 86.9 cm³/mol. The van der Waals surface area contributed by atoms with Crippen molar-refractivity contribution < 1.29 is 0 Å². The van der Waals surface area contributed by atoms with Gasteiger partial charge in [0.1, 0.15) is 0 Å². The average molecular weight is 310 g/mol. The highest BCUT2D eigenvalue weighted by Gasteiger charge is 2.20. The number of aromatic nitrogens is 4. The minimum atomic E-state index is 0.613. The summed E-state index contributed by atoms with van der Waals surface area (Å²) in [6.45, 7) is 2.65. The van der Waals surface area contributed by atoms with Crippen molar-refractivity contribution in [2.45, 2.75) is 51.6 Å². The normalized spacial score (nSPS) is 15.7. The molecule has 3 rings (SSSR count). The first-order valence-electron chi connectivity index (χ1n) is 8.17. The fourth-order valence-electron chi connectivity index (χ4n) is 3.24. The minimum Gasteiger partial charge on any atom is -0.296 e. The number of nitrogens with zero attached hydrogens (tertiary/aromatic N) is 6. The van der Waals surface area contributed by atoms with E-state index >= 15 is 0 Å². The van der Waals surface area contributed by atoms with Crippen molar-refractivity contribution in [3.63, 3.8) is 0 Å². The molecule has 0 N–H and O–H groups in total. The van der Waals surface area contributed by atoms with Crippen LogP contribution in [0.3, 0.4) is 0 Å². The van der Waals surface area contributed by atoms with E-state index in [9.17, 15) is 5.26 Å². The molecule has 1 aromatic heterocycles. The molecule has 1 aliphatic carbocycles. The molecule has 0 amide bonds. The lowest BCUT2D eigenvalue weighted by Crippen LogP contribution is -2.33. The number of tetrazole rings is 1. The molecule has 1 fully saturated rings. The lowest BCUT2D eigenvalue weighted by atomic mass is 9.94. The molecular weight excluding hydrogens is 288 g/mol. The molecule has 1 aromatic carbocycles. The summed E-state index contributed by atoms with van der Waals surface area (Å²) in [6, 6.07) is 8.56. The Hall–Kier alpha value is -2.26. The molecule has 120 valence electrons.